The smallest absolute Gasteiger partial charge is 0.252 e. The van der Waals surface area contributed by atoms with Crippen LogP contribution in [0.25, 0.3) is 5.95 Å². The maximum absolute atomic E-state index is 13.4. The fraction of sp³-hybridized carbons (Fsp3) is 0.444. The monoisotopic (exact) mass is 567 g/mol. The molecule has 0 radical (unpaired) electrons. The quantitative estimate of drug-likeness (QED) is 0.427. The lowest BCUT2D eigenvalue weighted by molar-refractivity contribution is -0.144. The molecule has 3 aliphatic rings. The summed E-state index contributed by atoms with van der Waals surface area (Å²) >= 11 is 6.34. The summed E-state index contributed by atoms with van der Waals surface area (Å²) in [6, 6.07) is 6.94. The minimum Gasteiger partial charge on any atom is -0.486 e. The molecule has 0 spiro atoms. The molecule has 0 saturated carbocycles. The van der Waals surface area contributed by atoms with Gasteiger partial charge >= 0.3 is 0 Å². The van der Waals surface area contributed by atoms with Crippen LogP contribution in [0.3, 0.4) is 0 Å². The van der Waals surface area contributed by atoms with Gasteiger partial charge in [-0.05, 0) is 30.5 Å². The number of fused-ring (bicyclic) bond motifs is 1. The molecule has 3 aliphatic heterocycles. The molecule has 2 atom stereocenters. The van der Waals surface area contributed by atoms with Crippen LogP contribution in [0.15, 0.2) is 43.0 Å². The zero-order chi connectivity index (χ0) is 27.5. The molecule has 5 heterocycles. The van der Waals surface area contributed by atoms with E-state index < -0.39 is 6.10 Å². The molecule has 0 aliphatic carbocycles. The van der Waals surface area contributed by atoms with E-state index in [0.717, 1.165) is 12.0 Å². The van der Waals surface area contributed by atoms with E-state index in [-0.39, 0.29) is 24.3 Å². The molecule has 2 amide bonds. The van der Waals surface area contributed by atoms with E-state index in [1.165, 1.54) is 0 Å². The number of ether oxygens (including phenoxy) is 3. The van der Waals surface area contributed by atoms with Crippen molar-refractivity contribution in [2.75, 3.05) is 44.4 Å². The van der Waals surface area contributed by atoms with Gasteiger partial charge in [0.2, 0.25) is 11.9 Å². The van der Waals surface area contributed by atoms with E-state index >= 15 is 0 Å². The summed E-state index contributed by atoms with van der Waals surface area (Å²) < 4.78 is 18.6. The van der Waals surface area contributed by atoms with Gasteiger partial charge in [-0.3, -0.25) is 14.2 Å². The first kappa shape index (κ1) is 26.3. The van der Waals surface area contributed by atoms with Gasteiger partial charge in [-0.15, -0.1) is 0 Å². The maximum Gasteiger partial charge on any atom is 0.252 e. The lowest BCUT2D eigenvalue weighted by Gasteiger charge is -2.42. The van der Waals surface area contributed by atoms with Crippen molar-refractivity contribution in [1.29, 1.82) is 0 Å². The van der Waals surface area contributed by atoms with Gasteiger partial charge < -0.3 is 29.3 Å². The Labute approximate surface area is 236 Å². The second kappa shape index (κ2) is 11.7. The number of imidazole rings is 1. The van der Waals surface area contributed by atoms with Crippen LogP contribution in [0.4, 0.5) is 5.82 Å². The van der Waals surface area contributed by atoms with Crippen LogP contribution in [0.1, 0.15) is 24.8 Å². The van der Waals surface area contributed by atoms with Gasteiger partial charge in [-0.1, -0.05) is 17.7 Å². The number of hydrogen-bond acceptors (Lipinski definition) is 9. The Balaban J connectivity index is 1.17. The second-order valence-corrected chi connectivity index (χ2v) is 10.3. The van der Waals surface area contributed by atoms with Crippen molar-refractivity contribution in [3.05, 3.63) is 53.7 Å². The van der Waals surface area contributed by atoms with Crippen molar-refractivity contribution >= 4 is 29.2 Å². The third-order valence-corrected chi connectivity index (χ3v) is 7.41. The van der Waals surface area contributed by atoms with Crippen molar-refractivity contribution in [3.8, 4) is 17.4 Å². The Bertz CT molecular complexity index is 1370. The number of piperazine rings is 1. The topological polar surface area (TPSA) is 124 Å². The molecular formula is C27H30ClN7O5. The molecule has 2 aromatic heterocycles. The van der Waals surface area contributed by atoms with Gasteiger partial charge in [0.05, 0.1) is 6.04 Å². The van der Waals surface area contributed by atoms with E-state index in [0.29, 0.717) is 80.8 Å². The number of rotatable bonds is 7. The van der Waals surface area contributed by atoms with Gasteiger partial charge in [-0.25, -0.2) is 9.97 Å². The van der Waals surface area contributed by atoms with Crippen molar-refractivity contribution < 1.29 is 23.8 Å². The molecule has 6 rings (SSSR count). The van der Waals surface area contributed by atoms with Crippen LogP contribution < -0.4 is 19.7 Å². The van der Waals surface area contributed by atoms with Crippen LogP contribution in [0.2, 0.25) is 5.15 Å². The van der Waals surface area contributed by atoms with E-state index in [4.69, 9.17) is 25.8 Å². The van der Waals surface area contributed by atoms with Crippen LogP contribution in [0, 0.1) is 0 Å². The standard InChI is InChI=1S/C27H30ClN7O5/c28-23-14-24(32-27(31-23)34-6-5-29-17-34)33-7-8-35(26(37)21-2-1-9-38-21)19(16-33)13-25(36)30-15-18-3-4-20-22(12-18)40-11-10-39-20/h3-6,12,14,17,19,21H,1-2,7-11,13,15-16H2,(H,30,36). The molecule has 13 heteroatoms. The number of amides is 2. The summed E-state index contributed by atoms with van der Waals surface area (Å²) in [4.78, 5) is 43.4. The van der Waals surface area contributed by atoms with Crippen molar-refractivity contribution in [3.63, 3.8) is 0 Å². The molecule has 2 fully saturated rings. The summed E-state index contributed by atoms with van der Waals surface area (Å²) in [5, 5.41) is 3.29. The third kappa shape index (κ3) is 5.82. The summed E-state index contributed by atoms with van der Waals surface area (Å²) in [6.07, 6.45) is 6.19. The summed E-state index contributed by atoms with van der Waals surface area (Å²) in [5.41, 5.74) is 0.901. The Morgan fingerprint density at radius 3 is 2.75 bits per heavy atom. The average Bonchev–Trinajstić information content (AvgIpc) is 3.71. The Kier molecular flexibility index (Phi) is 7.69. The van der Waals surface area contributed by atoms with Gasteiger partial charge in [0.1, 0.15) is 36.6 Å². The number of hydrogen-bond donors (Lipinski definition) is 1. The van der Waals surface area contributed by atoms with E-state index in [9.17, 15) is 9.59 Å². The lowest BCUT2D eigenvalue weighted by Crippen LogP contribution is -2.58. The Morgan fingerprint density at radius 2 is 1.95 bits per heavy atom. The van der Waals surface area contributed by atoms with Gasteiger partial charge in [-0.2, -0.15) is 4.98 Å². The van der Waals surface area contributed by atoms with Gasteiger partial charge in [0.25, 0.3) is 5.91 Å². The maximum atomic E-state index is 13.4. The Morgan fingerprint density at radius 1 is 1.07 bits per heavy atom. The predicted octanol–water partition coefficient (Wildman–Crippen LogP) is 1.99. The minimum absolute atomic E-state index is 0.0680. The fourth-order valence-electron chi connectivity index (χ4n) is 5.22. The highest BCUT2D eigenvalue weighted by molar-refractivity contribution is 6.29. The highest BCUT2D eigenvalue weighted by Crippen LogP contribution is 2.31. The number of benzene rings is 1. The zero-order valence-electron chi connectivity index (χ0n) is 21.9. The number of halogens is 1. The first-order valence-corrected chi connectivity index (χ1v) is 13.8. The SMILES string of the molecule is O=C(CC1CN(c2cc(Cl)nc(-n3ccnc3)n2)CCN1C(=O)C1CCCO1)NCc1ccc2c(c1)OCCO2. The molecule has 1 aromatic carbocycles. The lowest BCUT2D eigenvalue weighted by atomic mass is 10.1. The second-order valence-electron chi connectivity index (χ2n) is 9.91. The molecule has 12 nitrogen and oxygen atoms in total. The van der Waals surface area contributed by atoms with E-state index in [2.05, 4.69) is 20.3 Å². The normalized spacial score (nSPS) is 20.4. The molecule has 2 saturated heterocycles. The molecule has 1 N–H and O–H groups in total. The van der Waals surface area contributed by atoms with E-state index in [1.54, 1.807) is 34.3 Å². The summed E-state index contributed by atoms with van der Waals surface area (Å²) in [7, 11) is 0. The molecular weight excluding hydrogens is 538 g/mol. The van der Waals surface area contributed by atoms with Crippen molar-refractivity contribution in [2.24, 2.45) is 0 Å². The number of nitrogens with one attached hydrogen (secondary N) is 1. The largest absolute Gasteiger partial charge is 0.486 e. The minimum atomic E-state index is -0.462. The summed E-state index contributed by atoms with van der Waals surface area (Å²) in [5.74, 6) is 2.16. The highest BCUT2D eigenvalue weighted by atomic mass is 35.5. The Hall–Kier alpha value is -3.90. The number of carbonyl (C=O) groups excluding carboxylic acids is 2. The molecule has 0 bridgehead atoms. The average molecular weight is 568 g/mol. The van der Waals surface area contributed by atoms with Crippen molar-refractivity contribution in [1.82, 2.24) is 29.7 Å². The highest BCUT2D eigenvalue weighted by Gasteiger charge is 2.37. The van der Waals surface area contributed by atoms with Crippen LogP contribution >= 0.6 is 11.6 Å². The summed E-state index contributed by atoms with van der Waals surface area (Å²) in [6.45, 7) is 3.30. The van der Waals surface area contributed by atoms with E-state index in [1.807, 2.05) is 23.1 Å². The van der Waals surface area contributed by atoms with Gasteiger partial charge in [0.15, 0.2) is 11.5 Å². The van der Waals surface area contributed by atoms with Crippen molar-refractivity contribution in [2.45, 2.75) is 38.0 Å². The number of carbonyl (C=O) groups is 2. The predicted molar refractivity (Wildman–Crippen MR) is 145 cm³/mol. The fourth-order valence-corrected chi connectivity index (χ4v) is 5.39. The van der Waals surface area contributed by atoms with Crippen LogP contribution in [-0.4, -0.2) is 87.8 Å². The van der Waals surface area contributed by atoms with Gasteiger partial charge in [0, 0.05) is 57.7 Å². The third-order valence-electron chi connectivity index (χ3n) is 7.22. The number of anilines is 1. The zero-order valence-corrected chi connectivity index (χ0v) is 22.6. The number of nitrogens with zero attached hydrogens (tertiary/aromatic N) is 6. The van der Waals surface area contributed by atoms with Crippen LogP contribution in [-0.2, 0) is 20.9 Å². The molecule has 40 heavy (non-hydrogen) atoms. The molecule has 3 aromatic rings. The van der Waals surface area contributed by atoms with Crippen LogP contribution in [0.5, 0.6) is 11.5 Å². The molecule has 210 valence electrons. The first-order chi connectivity index (χ1) is 19.5. The molecule has 2 unspecified atom stereocenters. The number of aromatic nitrogens is 4. The first-order valence-electron chi connectivity index (χ1n) is 13.4.